The molecule has 84 valence electrons. The van der Waals surface area contributed by atoms with Crippen molar-refractivity contribution in [3.63, 3.8) is 0 Å². The highest BCUT2D eigenvalue weighted by Crippen LogP contribution is 2.22. The van der Waals surface area contributed by atoms with Gasteiger partial charge in [0.1, 0.15) is 5.01 Å². The van der Waals surface area contributed by atoms with Gasteiger partial charge in [0.25, 0.3) is 0 Å². The number of benzene rings is 1. The van der Waals surface area contributed by atoms with Gasteiger partial charge >= 0.3 is 0 Å². The average Bonchev–Trinajstić information content (AvgIpc) is 2.63. The number of nitrogens with two attached hydrogens (primary N) is 1. The van der Waals surface area contributed by atoms with E-state index < -0.39 is 0 Å². The standard InChI is InChI=1S/C11H12IN3S/c1-7-5-15-11(16-7)6-14-10-3-2-8(13)4-9(10)12/h2-5,14H,6,13H2,1H3. The molecule has 0 bridgehead atoms. The molecule has 16 heavy (non-hydrogen) atoms. The van der Waals surface area contributed by atoms with Gasteiger partial charge in [-0.15, -0.1) is 11.3 Å². The van der Waals surface area contributed by atoms with Crippen LogP contribution in [0.5, 0.6) is 0 Å². The summed E-state index contributed by atoms with van der Waals surface area (Å²) in [6.45, 7) is 2.83. The summed E-state index contributed by atoms with van der Waals surface area (Å²) in [6, 6.07) is 5.85. The van der Waals surface area contributed by atoms with E-state index in [4.69, 9.17) is 5.73 Å². The molecule has 0 unspecified atom stereocenters. The molecular weight excluding hydrogens is 333 g/mol. The molecular formula is C11H12IN3S. The minimum absolute atomic E-state index is 0.762. The van der Waals surface area contributed by atoms with Crippen LogP contribution in [-0.2, 0) is 6.54 Å². The number of rotatable bonds is 3. The lowest BCUT2D eigenvalue weighted by molar-refractivity contribution is 1.10. The van der Waals surface area contributed by atoms with E-state index in [1.54, 1.807) is 11.3 Å². The van der Waals surface area contributed by atoms with Crippen LogP contribution in [-0.4, -0.2) is 4.98 Å². The minimum Gasteiger partial charge on any atom is -0.399 e. The molecule has 1 aromatic carbocycles. The number of hydrogen-bond acceptors (Lipinski definition) is 4. The molecule has 0 saturated carbocycles. The second-order valence-corrected chi connectivity index (χ2v) is 5.94. The number of aromatic nitrogens is 1. The zero-order valence-corrected chi connectivity index (χ0v) is 11.8. The van der Waals surface area contributed by atoms with E-state index in [9.17, 15) is 0 Å². The fourth-order valence-electron chi connectivity index (χ4n) is 1.33. The maximum atomic E-state index is 5.70. The van der Waals surface area contributed by atoms with Gasteiger partial charge < -0.3 is 11.1 Å². The van der Waals surface area contributed by atoms with Crippen molar-refractivity contribution in [3.05, 3.63) is 37.9 Å². The van der Waals surface area contributed by atoms with Gasteiger partial charge in [0.2, 0.25) is 0 Å². The second kappa shape index (κ2) is 5.01. The van der Waals surface area contributed by atoms with Crippen molar-refractivity contribution in [1.82, 2.24) is 4.98 Å². The normalized spacial score (nSPS) is 10.4. The molecule has 0 radical (unpaired) electrons. The van der Waals surface area contributed by atoms with E-state index in [0.29, 0.717) is 0 Å². The molecule has 3 nitrogen and oxygen atoms in total. The Labute approximate surface area is 112 Å². The molecule has 0 aliphatic rings. The lowest BCUT2D eigenvalue weighted by Crippen LogP contribution is -2.00. The van der Waals surface area contributed by atoms with Gasteiger partial charge in [-0.3, -0.25) is 0 Å². The lowest BCUT2D eigenvalue weighted by Gasteiger charge is -2.07. The van der Waals surface area contributed by atoms with Crippen molar-refractivity contribution in [2.45, 2.75) is 13.5 Å². The molecule has 1 aromatic heterocycles. The largest absolute Gasteiger partial charge is 0.399 e. The van der Waals surface area contributed by atoms with Crippen molar-refractivity contribution >= 4 is 45.3 Å². The number of anilines is 2. The number of hydrogen-bond donors (Lipinski definition) is 2. The number of aryl methyl sites for hydroxylation is 1. The molecule has 0 atom stereocenters. The zero-order chi connectivity index (χ0) is 11.5. The molecule has 0 aliphatic heterocycles. The Morgan fingerprint density at radius 2 is 2.31 bits per heavy atom. The van der Waals surface area contributed by atoms with Crippen LogP contribution in [0.1, 0.15) is 9.88 Å². The summed E-state index contributed by atoms with van der Waals surface area (Å²) in [7, 11) is 0. The predicted molar refractivity (Wildman–Crippen MR) is 77.7 cm³/mol. The fraction of sp³-hybridized carbons (Fsp3) is 0.182. The lowest BCUT2D eigenvalue weighted by atomic mass is 10.3. The summed E-state index contributed by atoms with van der Waals surface area (Å²) >= 11 is 3.99. The fourth-order valence-corrected chi connectivity index (χ4v) is 2.79. The van der Waals surface area contributed by atoms with Crippen molar-refractivity contribution < 1.29 is 0 Å². The Hall–Kier alpha value is -0.820. The first-order chi connectivity index (χ1) is 7.65. The van der Waals surface area contributed by atoms with E-state index in [-0.39, 0.29) is 0 Å². The number of nitrogens with one attached hydrogen (secondary N) is 1. The minimum atomic E-state index is 0.762. The molecule has 0 amide bonds. The maximum absolute atomic E-state index is 5.70. The predicted octanol–water partition coefficient (Wildman–Crippen LogP) is 3.25. The quantitative estimate of drug-likeness (QED) is 0.663. The molecule has 0 spiro atoms. The van der Waals surface area contributed by atoms with Crippen LogP contribution in [0.4, 0.5) is 11.4 Å². The van der Waals surface area contributed by atoms with E-state index in [0.717, 1.165) is 26.5 Å². The van der Waals surface area contributed by atoms with Crippen LogP contribution in [0.15, 0.2) is 24.4 Å². The third-order valence-corrected chi connectivity index (χ3v) is 3.90. The van der Waals surface area contributed by atoms with Gasteiger partial charge in [-0.05, 0) is 47.7 Å². The average molecular weight is 345 g/mol. The Morgan fingerprint density at radius 3 is 2.94 bits per heavy atom. The Balaban J connectivity index is 2.04. The SMILES string of the molecule is Cc1cnc(CNc2ccc(N)cc2I)s1. The molecule has 0 aliphatic carbocycles. The van der Waals surface area contributed by atoms with Crippen LogP contribution in [0, 0.1) is 10.5 Å². The van der Waals surface area contributed by atoms with Gasteiger partial charge in [-0.25, -0.2) is 4.98 Å². The van der Waals surface area contributed by atoms with Gasteiger partial charge in [0.15, 0.2) is 0 Å². The summed E-state index contributed by atoms with van der Waals surface area (Å²) in [5.74, 6) is 0. The van der Waals surface area contributed by atoms with Crippen molar-refractivity contribution in [2.75, 3.05) is 11.1 Å². The highest BCUT2D eigenvalue weighted by molar-refractivity contribution is 14.1. The first-order valence-corrected chi connectivity index (χ1v) is 6.75. The second-order valence-electron chi connectivity index (χ2n) is 3.46. The van der Waals surface area contributed by atoms with Crippen LogP contribution in [0.2, 0.25) is 0 Å². The number of thiazole rings is 1. The summed E-state index contributed by atoms with van der Waals surface area (Å²) in [5.41, 5.74) is 7.59. The Morgan fingerprint density at radius 1 is 1.50 bits per heavy atom. The van der Waals surface area contributed by atoms with E-state index in [1.807, 2.05) is 24.4 Å². The summed E-state index contributed by atoms with van der Waals surface area (Å²) in [5, 5.41) is 4.46. The maximum Gasteiger partial charge on any atom is 0.112 e. The van der Waals surface area contributed by atoms with Crippen molar-refractivity contribution in [1.29, 1.82) is 0 Å². The first-order valence-electron chi connectivity index (χ1n) is 4.85. The van der Waals surface area contributed by atoms with Crippen LogP contribution >= 0.6 is 33.9 Å². The zero-order valence-electron chi connectivity index (χ0n) is 8.83. The van der Waals surface area contributed by atoms with Crippen molar-refractivity contribution in [2.24, 2.45) is 0 Å². The van der Waals surface area contributed by atoms with Gasteiger partial charge in [-0.1, -0.05) is 0 Å². The molecule has 3 N–H and O–H groups in total. The number of nitrogen functional groups attached to an aromatic ring is 1. The molecule has 1 heterocycles. The highest BCUT2D eigenvalue weighted by Gasteiger charge is 2.02. The Bertz CT molecular complexity index is 496. The highest BCUT2D eigenvalue weighted by atomic mass is 127. The van der Waals surface area contributed by atoms with E-state index in [1.165, 1.54) is 4.88 Å². The molecule has 0 saturated heterocycles. The third-order valence-electron chi connectivity index (χ3n) is 2.09. The smallest absolute Gasteiger partial charge is 0.112 e. The van der Waals surface area contributed by atoms with E-state index >= 15 is 0 Å². The van der Waals surface area contributed by atoms with Crippen LogP contribution in [0.25, 0.3) is 0 Å². The molecule has 2 aromatic rings. The van der Waals surface area contributed by atoms with Gasteiger partial charge in [0.05, 0.1) is 6.54 Å². The Kier molecular flexibility index (Phi) is 3.65. The van der Waals surface area contributed by atoms with Crippen molar-refractivity contribution in [3.8, 4) is 0 Å². The topological polar surface area (TPSA) is 50.9 Å². The molecule has 2 rings (SSSR count). The molecule has 5 heteroatoms. The van der Waals surface area contributed by atoms with Gasteiger partial charge in [-0.2, -0.15) is 0 Å². The van der Waals surface area contributed by atoms with Crippen LogP contribution in [0.3, 0.4) is 0 Å². The van der Waals surface area contributed by atoms with Crippen LogP contribution < -0.4 is 11.1 Å². The summed E-state index contributed by atoms with van der Waals surface area (Å²) in [6.07, 6.45) is 1.90. The van der Waals surface area contributed by atoms with E-state index in [2.05, 4.69) is 39.8 Å². The monoisotopic (exact) mass is 345 g/mol. The summed E-state index contributed by atoms with van der Waals surface area (Å²) < 4.78 is 1.13. The number of nitrogens with zero attached hydrogens (tertiary/aromatic N) is 1. The first kappa shape index (κ1) is 11.7. The third kappa shape index (κ3) is 2.85. The van der Waals surface area contributed by atoms with Gasteiger partial charge in [0, 0.05) is 26.0 Å². The molecule has 0 fully saturated rings. The summed E-state index contributed by atoms with van der Waals surface area (Å²) in [4.78, 5) is 5.55. The number of halogens is 1.